The molecule has 2 aromatic carbocycles. The molecule has 5 heteroatoms. The second-order valence-corrected chi connectivity index (χ2v) is 8.97. The normalized spacial score (nSPS) is 25.8. The van der Waals surface area contributed by atoms with E-state index in [2.05, 4.69) is 27.2 Å². The molecule has 158 valence electrons. The smallest absolute Gasteiger partial charge is 0.317 e. The Bertz CT molecular complexity index is 903. The Balaban J connectivity index is 1.28. The molecule has 0 spiro atoms. The molecule has 3 atom stereocenters. The number of nitrogens with one attached hydrogen (secondary N) is 1. The lowest BCUT2D eigenvalue weighted by molar-refractivity contribution is 0.00568. The summed E-state index contributed by atoms with van der Waals surface area (Å²) in [7, 11) is 0. The molecule has 0 radical (unpaired) electrons. The molecule has 4 nitrogen and oxygen atoms in total. The first-order chi connectivity index (χ1) is 14.7. The molecule has 3 aliphatic rings. The Hall–Kier alpha value is -2.40. The maximum Gasteiger partial charge on any atom is 0.317 e. The summed E-state index contributed by atoms with van der Waals surface area (Å²) in [6.45, 7) is 3.52. The maximum atomic E-state index is 14.0. The number of likely N-dealkylation sites (tertiary alicyclic amines) is 1. The van der Waals surface area contributed by atoms with E-state index in [1.165, 1.54) is 17.5 Å². The molecule has 0 aliphatic carbocycles. The van der Waals surface area contributed by atoms with Gasteiger partial charge < -0.3 is 10.2 Å². The van der Waals surface area contributed by atoms with Crippen molar-refractivity contribution in [3.63, 3.8) is 0 Å². The highest BCUT2D eigenvalue weighted by Gasteiger charge is 2.43. The van der Waals surface area contributed by atoms with Crippen molar-refractivity contribution < 1.29 is 9.18 Å². The Kier molecular flexibility index (Phi) is 5.47. The van der Waals surface area contributed by atoms with Crippen LogP contribution in [-0.2, 0) is 12.8 Å². The minimum atomic E-state index is -0.156. The SMILES string of the molecule is O=C(NCCc1ccccc1)N1CCC[C@@H]2CN3CCc4ccc(F)cc4[C@H]3C[C@@H]21. The van der Waals surface area contributed by atoms with Crippen molar-refractivity contribution in [1.29, 1.82) is 0 Å². The van der Waals surface area contributed by atoms with Gasteiger partial charge in [-0.3, -0.25) is 4.90 Å². The zero-order valence-corrected chi connectivity index (χ0v) is 17.4. The lowest BCUT2D eigenvalue weighted by Gasteiger charge is -2.52. The second kappa shape index (κ2) is 8.38. The molecule has 2 amide bonds. The molecule has 2 aromatic rings. The summed E-state index contributed by atoms with van der Waals surface area (Å²) in [5, 5.41) is 3.15. The average molecular weight is 408 g/mol. The molecule has 5 rings (SSSR count). The number of rotatable bonds is 3. The topological polar surface area (TPSA) is 35.6 Å². The third-order valence-electron chi connectivity index (χ3n) is 7.22. The summed E-state index contributed by atoms with van der Waals surface area (Å²) in [5.41, 5.74) is 3.64. The lowest BCUT2D eigenvalue weighted by Crippen LogP contribution is -2.59. The summed E-state index contributed by atoms with van der Waals surface area (Å²) in [6.07, 6.45) is 4.99. The van der Waals surface area contributed by atoms with Crippen LogP contribution in [0.3, 0.4) is 0 Å². The zero-order valence-electron chi connectivity index (χ0n) is 17.4. The number of piperidine rings is 2. The minimum Gasteiger partial charge on any atom is -0.338 e. The van der Waals surface area contributed by atoms with Gasteiger partial charge in [-0.05, 0) is 66.8 Å². The predicted octanol–water partition coefficient (Wildman–Crippen LogP) is 4.16. The van der Waals surface area contributed by atoms with Gasteiger partial charge in [0, 0.05) is 38.3 Å². The fourth-order valence-electron chi connectivity index (χ4n) is 5.73. The van der Waals surface area contributed by atoms with E-state index in [1.54, 1.807) is 12.1 Å². The van der Waals surface area contributed by atoms with Crippen LogP contribution in [0.1, 0.15) is 42.0 Å². The van der Waals surface area contributed by atoms with Gasteiger partial charge in [0.1, 0.15) is 5.82 Å². The quantitative estimate of drug-likeness (QED) is 0.829. The Morgan fingerprint density at radius 2 is 2.00 bits per heavy atom. The zero-order chi connectivity index (χ0) is 20.5. The van der Waals surface area contributed by atoms with Crippen molar-refractivity contribution in [3.05, 3.63) is 71.0 Å². The van der Waals surface area contributed by atoms with E-state index in [1.807, 2.05) is 24.3 Å². The van der Waals surface area contributed by atoms with Crippen molar-refractivity contribution in [3.8, 4) is 0 Å². The Morgan fingerprint density at radius 3 is 2.87 bits per heavy atom. The van der Waals surface area contributed by atoms with E-state index in [4.69, 9.17) is 0 Å². The van der Waals surface area contributed by atoms with E-state index in [0.717, 1.165) is 50.9 Å². The molecule has 0 bridgehead atoms. The summed E-state index contributed by atoms with van der Waals surface area (Å²) in [4.78, 5) is 17.6. The van der Waals surface area contributed by atoms with Crippen LogP contribution < -0.4 is 5.32 Å². The van der Waals surface area contributed by atoms with Gasteiger partial charge in [-0.15, -0.1) is 0 Å². The first-order valence-electron chi connectivity index (χ1n) is 11.3. The highest BCUT2D eigenvalue weighted by Crippen LogP contribution is 2.43. The van der Waals surface area contributed by atoms with Gasteiger partial charge in [-0.25, -0.2) is 9.18 Å². The predicted molar refractivity (Wildman–Crippen MR) is 116 cm³/mol. The second-order valence-electron chi connectivity index (χ2n) is 8.97. The average Bonchev–Trinajstić information content (AvgIpc) is 2.78. The number of urea groups is 1. The molecule has 0 saturated carbocycles. The van der Waals surface area contributed by atoms with E-state index in [9.17, 15) is 9.18 Å². The third-order valence-corrected chi connectivity index (χ3v) is 7.22. The Morgan fingerprint density at radius 1 is 1.13 bits per heavy atom. The van der Waals surface area contributed by atoms with Crippen molar-refractivity contribution in [2.75, 3.05) is 26.2 Å². The fraction of sp³-hybridized carbons (Fsp3) is 0.480. The summed E-state index contributed by atoms with van der Waals surface area (Å²) in [5.74, 6) is 0.363. The van der Waals surface area contributed by atoms with Crippen molar-refractivity contribution in [1.82, 2.24) is 15.1 Å². The van der Waals surface area contributed by atoms with Gasteiger partial charge >= 0.3 is 6.03 Å². The van der Waals surface area contributed by atoms with Gasteiger partial charge in [-0.2, -0.15) is 0 Å². The molecule has 0 aromatic heterocycles. The molecule has 3 heterocycles. The number of hydrogen-bond acceptors (Lipinski definition) is 2. The molecule has 3 aliphatic heterocycles. The van der Waals surface area contributed by atoms with Crippen LogP contribution in [0.2, 0.25) is 0 Å². The lowest BCUT2D eigenvalue weighted by atomic mass is 9.76. The van der Waals surface area contributed by atoms with Crippen LogP contribution in [0.4, 0.5) is 9.18 Å². The molecule has 2 saturated heterocycles. The largest absolute Gasteiger partial charge is 0.338 e. The van der Waals surface area contributed by atoms with Gasteiger partial charge in [-0.1, -0.05) is 36.4 Å². The first kappa shape index (κ1) is 19.6. The highest BCUT2D eigenvalue weighted by atomic mass is 19.1. The van der Waals surface area contributed by atoms with E-state index in [-0.39, 0.29) is 23.9 Å². The van der Waals surface area contributed by atoms with Crippen molar-refractivity contribution in [2.45, 2.75) is 44.2 Å². The first-order valence-corrected chi connectivity index (χ1v) is 11.3. The molecule has 1 N–H and O–H groups in total. The van der Waals surface area contributed by atoms with Crippen LogP contribution in [0.25, 0.3) is 0 Å². The van der Waals surface area contributed by atoms with Crippen LogP contribution in [0, 0.1) is 11.7 Å². The van der Waals surface area contributed by atoms with Gasteiger partial charge in [0.25, 0.3) is 0 Å². The summed E-state index contributed by atoms with van der Waals surface area (Å²) < 4.78 is 14.0. The fourth-order valence-corrected chi connectivity index (χ4v) is 5.73. The number of halogens is 1. The standard InChI is InChI=1S/C25H30FN3O/c26-21-9-8-19-11-14-28-17-20-7-4-13-29(23(20)16-24(28)22(19)15-21)25(30)27-12-10-18-5-2-1-3-6-18/h1-3,5-6,8-9,15,20,23-24H,4,7,10-14,16-17H2,(H,27,30)/t20-,23+,24-/m1/s1. The van der Waals surface area contributed by atoms with E-state index in [0.29, 0.717) is 12.5 Å². The monoisotopic (exact) mass is 407 g/mol. The van der Waals surface area contributed by atoms with E-state index >= 15 is 0 Å². The van der Waals surface area contributed by atoms with Crippen LogP contribution in [-0.4, -0.2) is 48.1 Å². The number of amides is 2. The molecular formula is C25H30FN3O. The van der Waals surface area contributed by atoms with Gasteiger partial charge in [0.05, 0.1) is 0 Å². The summed E-state index contributed by atoms with van der Waals surface area (Å²) >= 11 is 0. The van der Waals surface area contributed by atoms with Crippen molar-refractivity contribution in [2.24, 2.45) is 5.92 Å². The minimum absolute atomic E-state index is 0.0596. The highest BCUT2D eigenvalue weighted by molar-refractivity contribution is 5.74. The number of carbonyl (C=O) groups is 1. The third kappa shape index (κ3) is 3.83. The van der Waals surface area contributed by atoms with Crippen LogP contribution >= 0.6 is 0 Å². The molecular weight excluding hydrogens is 377 g/mol. The van der Waals surface area contributed by atoms with E-state index < -0.39 is 0 Å². The molecule has 2 fully saturated rings. The molecule has 30 heavy (non-hydrogen) atoms. The number of nitrogens with zero attached hydrogens (tertiary/aromatic N) is 2. The molecule has 0 unspecified atom stereocenters. The van der Waals surface area contributed by atoms with Crippen LogP contribution in [0.5, 0.6) is 0 Å². The number of hydrogen-bond donors (Lipinski definition) is 1. The van der Waals surface area contributed by atoms with Crippen LogP contribution in [0.15, 0.2) is 48.5 Å². The van der Waals surface area contributed by atoms with Gasteiger partial charge in [0.2, 0.25) is 0 Å². The maximum absolute atomic E-state index is 14.0. The number of benzene rings is 2. The Labute approximate surface area is 178 Å². The van der Waals surface area contributed by atoms with Crippen molar-refractivity contribution >= 4 is 6.03 Å². The summed E-state index contributed by atoms with van der Waals surface area (Å²) in [6, 6.07) is 16.0. The van der Waals surface area contributed by atoms with Gasteiger partial charge in [0.15, 0.2) is 0 Å². The number of fused-ring (bicyclic) bond motifs is 4. The number of carbonyl (C=O) groups excluding carboxylic acids is 1.